The van der Waals surface area contributed by atoms with Gasteiger partial charge in [-0.15, -0.1) is 0 Å². The van der Waals surface area contributed by atoms with Gasteiger partial charge in [-0.3, -0.25) is 0 Å². The third-order valence-corrected chi connectivity index (χ3v) is 2.98. The Hall–Kier alpha value is -0.120. The van der Waals surface area contributed by atoms with E-state index in [0.717, 1.165) is 39.3 Å². The summed E-state index contributed by atoms with van der Waals surface area (Å²) in [6.07, 6.45) is 2.38. The maximum atomic E-state index is 5.83. The van der Waals surface area contributed by atoms with Crippen molar-refractivity contribution in [1.82, 2.24) is 4.90 Å². The summed E-state index contributed by atoms with van der Waals surface area (Å²) in [6, 6.07) is 0. The maximum absolute atomic E-state index is 5.83. The van der Waals surface area contributed by atoms with Crippen LogP contribution in [0.5, 0.6) is 0 Å². The van der Waals surface area contributed by atoms with Crippen molar-refractivity contribution in [3.05, 3.63) is 0 Å². The van der Waals surface area contributed by atoms with E-state index in [-0.39, 0.29) is 5.41 Å². The van der Waals surface area contributed by atoms with Crippen molar-refractivity contribution in [1.29, 1.82) is 0 Å². The van der Waals surface area contributed by atoms with Gasteiger partial charge < -0.3 is 15.4 Å². The zero-order valence-corrected chi connectivity index (χ0v) is 8.88. The largest absolute Gasteiger partial charge is 0.381 e. The quantitative estimate of drug-likeness (QED) is 0.702. The van der Waals surface area contributed by atoms with E-state index >= 15 is 0 Å². The normalized spacial score (nSPS) is 29.5. The van der Waals surface area contributed by atoms with E-state index in [1.807, 2.05) is 0 Å². The Kier molecular flexibility index (Phi) is 4.16. The first-order valence-corrected chi connectivity index (χ1v) is 5.19. The fourth-order valence-electron chi connectivity index (χ4n) is 1.94. The van der Waals surface area contributed by atoms with Gasteiger partial charge in [-0.25, -0.2) is 0 Å². The zero-order chi connectivity index (χ0) is 9.73. The van der Waals surface area contributed by atoms with Crippen LogP contribution >= 0.6 is 0 Å². The Balaban J connectivity index is 2.47. The Bertz CT molecular complexity index is 144. The molecule has 0 saturated carbocycles. The van der Waals surface area contributed by atoms with Crippen LogP contribution in [0.15, 0.2) is 0 Å². The number of rotatable bonds is 4. The molecule has 0 amide bonds. The SMILES string of the molecule is CCN(C)CC1(CN)CCCOC1. The lowest BCUT2D eigenvalue weighted by atomic mass is 9.82. The van der Waals surface area contributed by atoms with Gasteiger partial charge >= 0.3 is 0 Å². The van der Waals surface area contributed by atoms with Crippen molar-refractivity contribution in [3.8, 4) is 0 Å². The van der Waals surface area contributed by atoms with Crippen molar-refractivity contribution in [3.63, 3.8) is 0 Å². The molecule has 0 aromatic heterocycles. The molecule has 0 bridgehead atoms. The molecule has 1 atom stereocenters. The highest BCUT2D eigenvalue weighted by Crippen LogP contribution is 2.27. The molecule has 0 aromatic rings. The van der Waals surface area contributed by atoms with Gasteiger partial charge in [0.2, 0.25) is 0 Å². The summed E-state index contributed by atoms with van der Waals surface area (Å²) in [6.45, 7) is 6.83. The smallest absolute Gasteiger partial charge is 0.0546 e. The summed E-state index contributed by atoms with van der Waals surface area (Å²) in [7, 11) is 2.14. The van der Waals surface area contributed by atoms with Crippen molar-refractivity contribution in [2.75, 3.05) is 39.9 Å². The lowest BCUT2D eigenvalue weighted by Crippen LogP contribution is -2.46. The summed E-state index contributed by atoms with van der Waals surface area (Å²) in [5, 5.41) is 0. The van der Waals surface area contributed by atoms with Crippen molar-refractivity contribution < 1.29 is 4.74 Å². The summed E-state index contributed by atoms with van der Waals surface area (Å²) in [5.41, 5.74) is 6.06. The molecule has 0 spiro atoms. The number of ether oxygens (including phenoxy) is 1. The van der Waals surface area contributed by atoms with Gasteiger partial charge in [0.05, 0.1) is 6.61 Å². The van der Waals surface area contributed by atoms with E-state index in [0.29, 0.717) is 0 Å². The van der Waals surface area contributed by atoms with Crippen LogP contribution in [-0.2, 0) is 4.74 Å². The lowest BCUT2D eigenvalue weighted by Gasteiger charge is -2.38. The minimum absolute atomic E-state index is 0.225. The molecular formula is C10H22N2O. The van der Waals surface area contributed by atoms with Gasteiger partial charge in [0, 0.05) is 25.1 Å². The van der Waals surface area contributed by atoms with Crippen molar-refractivity contribution in [2.45, 2.75) is 19.8 Å². The van der Waals surface area contributed by atoms with Gasteiger partial charge in [-0.2, -0.15) is 0 Å². The highest BCUT2D eigenvalue weighted by Gasteiger charge is 2.32. The Labute approximate surface area is 81.2 Å². The van der Waals surface area contributed by atoms with E-state index in [9.17, 15) is 0 Å². The molecule has 0 radical (unpaired) electrons. The van der Waals surface area contributed by atoms with Crippen LogP contribution in [0.4, 0.5) is 0 Å². The first kappa shape index (κ1) is 11.0. The average Bonchev–Trinajstić information content (AvgIpc) is 2.19. The number of hydrogen-bond donors (Lipinski definition) is 1. The third-order valence-electron chi connectivity index (χ3n) is 2.98. The minimum atomic E-state index is 0.225. The monoisotopic (exact) mass is 186 g/mol. The molecule has 1 saturated heterocycles. The zero-order valence-electron chi connectivity index (χ0n) is 8.88. The van der Waals surface area contributed by atoms with E-state index in [1.165, 1.54) is 6.42 Å². The van der Waals surface area contributed by atoms with Crippen LogP contribution in [0.25, 0.3) is 0 Å². The average molecular weight is 186 g/mol. The summed E-state index contributed by atoms with van der Waals surface area (Å²) in [4.78, 5) is 2.32. The molecule has 3 nitrogen and oxygen atoms in total. The molecule has 1 fully saturated rings. The molecular weight excluding hydrogens is 164 g/mol. The van der Waals surface area contributed by atoms with Crippen LogP contribution < -0.4 is 5.73 Å². The van der Waals surface area contributed by atoms with Gasteiger partial charge in [0.15, 0.2) is 0 Å². The third kappa shape index (κ3) is 2.93. The molecule has 0 aliphatic carbocycles. The Morgan fingerprint density at radius 1 is 1.54 bits per heavy atom. The van der Waals surface area contributed by atoms with Crippen LogP contribution in [0, 0.1) is 5.41 Å². The second kappa shape index (κ2) is 4.94. The molecule has 1 unspecified atom stereocenters. The number of nitrogens with two attached hydrogens (primary N) is 1. The van der Waals surface area contributed by atoms with Gasteiger partial charge in [-0.1, -0.05) is 6.92 Å². The molecule has 1 heterocycles. The molecule has 1 aliphatic heterocycles. The van der Waals surface area contributed by atoms with Gasteiger partial charge in [0.25, 0.3) is 0 Å². The van der Waals surface area contributed by atoms with Gasteiger partial charge in [-0.05, 0) is 26.4 Å². The highest BCUT2D eigenvalue weighted by atomic mass is 16.5. The second-order valence-electron chi connectivity index (χ2n) is 4.19. The predicted octanol–water partition coefficient (Wildman–Crippen LogP) is 0.694. The van der Waals surface area contributed by atoms with Crippen molar-refractivity contribution >= 4 is 0 Å². The van der Waals surface area contributed by atoms with E-state index in [1.54, 1.807) is 0 Å². The molecule has 13 heavy (non-hydrogen) atoms. The second-order valence-corrected chi connectivity index (χ2v) is 4.19. The van der Waals surface area contributed by atoms with Gasteiger partial charge in [0.1, 0.15) is 0 Å². The summed E-state index contributed by atoms with van der Waals surface area (Å²) >= 11 is 0. The number of nitrogens with zero attached hydrogens (tertiary/aromatic N) is 1. The molecule has 1 rings (SSSR count). The molecule has 78 valence electrons. The molecule has 2 N–H and O–H groups in total. The van der Waals surface area contributed by atoms with Crippen molar-refractivity contribution in [2.24, 2.45) is 11.1 Å². The molecule has 3 heteroatoms. The standard InChI is InChI=1S/C10H22N2O/c1-3-12(2)8-10(7-11)5-4-6-13-9-10/h3-9,11H2,1-2H3. The molecule has 0 aromatic carbocycles. The summed E-state index contributed by atoms with van der Waals surface area (Å²) in [5.74, 6) is 0. The fraction of sp³-hybridized carbons (Fsp3) is 1.00. The highest BCUT2D eigenvalue weighted by molar-refractivity contribution is 4.85. The lowest BCUT2D eigenvalue weighted by molar-refractivity contribution is -0.0175. The van der Waals surface area contributed by atoms with Crippen LogP contribution in [0.3, 0.4) is 0 Å². The Morgan fingerprint density at radius 2 is 2.31 bits per heavy atom. The van der Waals surface area contributed by atoms with E-state index < -0.39 is 0 Å². The fourth-order valence-corrected chi connectivity index (χ4v) is 1.94. The topological polar surface area (TPSA) is 38.5 Å². The molecule has 1 aliphatic rings. The first-order chi connectivity index (χ1) is 6.22. The number of hydrogen-bond acceptors (Lipinski definition) is 3. The van der Waals surface area contributed by atoms with Crippen LogP contribution in [0.1, 0.15) is 19.8 Å². The van der Waals surface area contributed by atoms with Crippen LogP contribution in [-0.4, -0.2) is 44.8 Å². The summed E-state index contributed by atoms with van der Waals surface area (Å²) < 4.78 is 5.52. The van der Waals surface area contributed by atoms with Crippen LogP contribution in [0.2, 0.25) is 0 Å². The maximum Gasteiger partial charge on any atom is 0.0546 e. The van der Waals surface area contributed by atoms with E-state index in [2.05, 4.69) is 18.9 Å². The van der Waals surface area contributed by atoms with E-state index in [4.69, 9.17) is 10.5 Å². The Morgan fingerprint density at radius 3 is 2.77 bits per heavy atom. The first-order valence-electron chi connectivity index (χ1n) is 5.19. The minimum Gasteiger partial charge on any atom is -0.381 e. The predicted molar refractivity (Wildman–Crippen MR) is 54.7 cm³/mol.